The van der Waals surface area contributed by atoms with Crippen LogP contribution in [0.25, 0.3) is 0 Å². The first kappa shape index (κ1) is 30.6. The third-order valence-electron chi connectivity index (χ3n) is 7.21. The lowest BCUT2D eigenvalue weighted by Crippen LogP contribution is -2.56. The van der Waals surface area contributed by atoms with Gasteiger partial charge in [-0.25, -0.2) is 9.59 Å². The average molecular weight is 611 g/mol. The van der Waals surface area contributed by atoms with Gasteiger partial charge in [0.25, 0.3) is 0 Å². The molecule has 226 valence electrons. The maximum atomic E-state index is 13.1. The summed E-state index contributed by atoms with van der Waals surface area (Å²) in [6.45, 7) is 0.222. The number of alkyl carbamates (subject to hydrolysis) is 2. The fraction of sp³-hybridized carbons (Fsp3) is 0.229. The molecule has 1 aliphatic rings. The van der Waals surface area contributed by atoms with Gasteiger partial charge >= 0.3 is 17.4 Å². The lowest BCUT2D eigenvalue weighted by atomic mass is 9.91. The molecule has 0 bridgehead atoms. The van der Waals surface area contributed by atoms with Crippen molar-refractivity contribution in [2.45, 2.75) is 50.3 Å². The van der Waals surface area contributed by atoms with Crippen LogP contribution >= 0.6 is 12.2 Å². The van der Waals surface area contributed by atoms with Gasteiger partial charge in [0.1, 0.15) is 13.2 Å². The van der Waals surface area contributed by atoms with Gasteiger partial charge in [-0.1, -0.05) is 121 Å². The van der Waals surface area contributed by atoms with Gasteiger partial charge in [0, 0.05) is 12.2 Å². The van der Waals surface area contributed by atoms with E-state index in [2.05, 4.69) is 10.6 Å². The van der Waals surface area contributed by atoms with E-state index in [1.54, 1.807) is 0 Å². The molecule has 0 spiro atoms. The highest BCUT2D eigenvalue weighted by atomic mass is 32.1. The molecule has 8 nitrogen and oxygen atoms in total. The first-order valence-corrected chi connectivity index (χ1v) is 14.8. The summed E-state index contributed by atoms with van der Waals surface area (Å²) in [6.07, 6.45) is -1.88. The van der Waals surface area contributed by atoms with Crippen molar-refractivity contribution >= 4 is 29.6 Å². The van der Waals surface area contributed by atoms with Gasteiger partial charge in [-0.3, -0.25) is 0 Å². The minimum atomic E-state index is -0.741. The molecule has 44 heavy (non-hydrogen) atoms. The quantitative estimate of drug-likeness (QED) is 0.186. The predicted molar refractivity (Wildman–Crippen MR) is 170 cm³/mol. The summed E-state index contributed by atoms with van der Waals surface area (Å²) in [7, 11) is 0. The number of hydrogen-bond donors (Lipinski definition) is 2. The van der Waals surface area contributed by atoms with E-state index in [1.165, 1.54) is 0 Å². The van der Waals surface area contributed by atoms with E-state index >= 15 is 0 Å². The highest BCUT2D eigenvalue weighted by molar-refractivity contribution is 7.79. The Balaban J connectivity index is 1.36. The molecule has 1 saturated heterocycles. The Morgan fingerprint density at radius 3 is 1.23 bits per heavy atom. The highest BCUT2D eigenvalue weighted by Gasteiger charge is 2.46. The van der Waals surface area contributed by atoms with Crippen molar-refractivity contribution in [1.29, 1.82) is 0 Å². The molecule has 0 unspecified atom stereocenters. The van der Waals surface area contributed by atoms with Gasteiger partial charge in [-0.05, 0) is 35.1 Å². The molecule has 1 aliphatic heterocycles. The molecule has 2 N–H and O–H groups in total. The molecule has 4 aromatic rings. The second-order valence-corrected chi connectivity index (χ2v) is 10.8. The van der Waals surface area contributed by atoms with Crippen molar-refractivity contribution in [3.05, 3.63) is 144 Å². The second-order valence-electron chi connectivity index (χ2n) is 10.4. The molecular weight excluding hydrogens is 576 g/mol. The standard InChI is InChI=1S/C35H34N2O6S/c38-33(40-23-27-17-9-3-10-18-27)36-29(21-25-13-5-1-6-14-25)31-32(43-35(44)42-31)30(22-26-15-7-2-8-16-26)37-34(39)41-24-28-19-11-4-12-20-28/h1-20,29-32H,21-24H2,(H,36,38)(H,37,39)/t29-,30-,31+,32+/m1/s1. The number of carbonyl (C=O) groups excluding carboxylic acids is 2. The maximum absolute atomic E-state index is 13.1. The van der Waals surface area contributed by atoms with Crippen LogP contribution in [0.3, 0.4) is 0 Å². The number of ether oxygens (including phenoxy) is 4. The zero-order valence-electron chi connectivity index (χ0n) is 24.0. The lowest BCUT2D eigenvalue weighted by molar-refractivity contribution is 0.0715. The fourth-order valence-electron chi connectivity index (χ4n) is 5.07. The van der Waals surface area contributed by atoms with Crippen molar-refractivity contribution in [3.63, 3.8) is 0 Å². The summed E-state index contributed by atoms with van der Waals surface area (Å²) in [5.74, 6) is 0. The molecule has 0 aliphatic carbocycles. The topological polar surface area (TPSA) is 95.1 Å². The summed E-state index contributed by atoms with van der Waals surface area (Å²) in [5.41, 5.74) is 3.66. The molecule has 5 rings (SSSR count). The maximum Gasteiger partial charge on any atom is 0.407 e. The normalized spacial score (nSPS) is 17.0. The molecule has 9 heteroatoms. The van der Waals surface area contributed by atoms with E-state index in [-0.39, 0.29) is 18.5 Å². The van der Waals surface area contributed by atoms with Crippen LogP contribution in [0, 0.1) is 0 Å². The van der Waals surface area contributed by atoms with E-state index in [4.69, 9.17) is 31.2 Å². The van der Waals surface area contributed by atoms with Crippen molar-refractivity contribution in [2.75, 3.05) is 0 Å². The predicted octanol–water partition coefficient (Wildman–Crippen LogP) is 6.13. The first-order chi connectivity index (χ1) is 21.5. The highest BCUT2D eigenvalue weighted by Crippen LogP contribution is 2.26. The smallest absolute Gasteiger partial charge is 0.407 e. The van der Waals surface area contributed by atoms with Gasteiger partial charge in [-0.2, -0.15) is 0 Å². The molecule has 0 saturated carbocycles. The zero-order valence-corrected chi connectivity index (χ0v) is 24.9. The van der Waals surface area contributed by atoms with Crippen molar-refractivity contribution < 1.29 is 28.5 Å². The summed E-state index contributed by atoms with van der Waals surface area (Å²) >= 11 is 5.37. The van der Waals surface area contributed by atoms with Crippen LogP contribution < -0.4 is 10.6 Å². The average Bonchev–Trinajstić information content (AvgIpc) is 3.45. The van der Waals surface area contributed by atoms with Crippen LogP contribution in [-0.2, 0) is 45.0 Å². The Morgan fingerprint density at radius 2 is 0.886 bits per heavy atom. The number of hydrogen-bond acceptors (Lipinski definition) is 7. The van der Waals surface area contributed by atoms with Gasteiger partial charge in [0.15, 0.2) is 12.2 Å². The van der Waals surface area contributed by atoms with E-state index in [0.717, 1.165) is 22.3 Å². The summed E-state index contributed by atoms with van der Waals surface area (Å²) in [5, 5.41) is 5.89. The zero-order chi connectivity index (χ0) is 30.6. The van der Waals surface area contributed by atoms with Gasteiger partial charge in [0.05, 0.1) is 12.1 Å². The van der Waals surface area contributed by atoms with E-state index < -0.39 is 36.5 Å². The number of benzene rings is 4. The van der Waals surface area contributed by atoms with Crippen LogP contribution in [0.5, 0.6) is 0 Å². The number of thiocarbonyl (C=S) groups is 1. The molecule has 1 heterocycles. The summed E-state index contributed by atoms with van der Waals surface area (Å²) < 4.78 is 23.2. The van der Waals surface area contributed by atoms with Crippen molar-refractivity contribution in [3.8, 4) is 0 Å². The first-order valence-electron chi connectivity index (χ1n) is 14.4. The lowest BCUT2D eigenvalue weighted by Gasteiger charge is -2.31. The largest absolute Gasteiger partial charge is 0.447 e. The number of rotatable bonds is 12. The van der Waals surface area contributed by atoms with E-state index in [0.29, 0.717) is 12.8 Å². The second kappa shape index (κ2) is 15.5. The van der Waals surface area contributed by atoms with Crippen LogP contribution in [0.2, 0.25) is 0 Å². The molecule has 1 fully saturated rings. The van der Waals surface area contributed by atoms with E-state index in [9.17, 15) is 9.59 Å². The number of carbonyl (C=O) groups is 2. The van der Waals surface area contributed by atoms with Gasteiger partial charge in [0.2, 0.25) is 0 Å². The van der Waals surface area contributed by atoms with Crippen LogP contribution in [0.1, 0.15) is 22.3 Å². The molecule has 2 amide bonds. The Bertz CT molecular complexity index is 1380. The fourth-order valence-corrected chi connectivity index (χ4v) is 5.30. The Hall–Kier alpha value is -4.89. The third kappa shape index (κ3) is 9.05. The molecular formula is C35H34N2O6S. The number of amides is 2. The van der Waals surface area contributed by atoms with Crippen LogP contribution in [0.4, 0.5) is 9.59 Å². The van der Waals surface area contributed by atoms with E-state index in [1.807, 2.05) is 121 Å². The van der Waals surface area contributed by atoms with Crippen LogP contribution in [0.15, 0.2) is 121 Å². The summed E-state index contributed by atoms with van der Waals surface area (Å²) in [6, 6.07) is 37.1. The van der Waals surface area contributed by atoms with Crippen LogP contribution in [-0.4, -0.2) is 41.7 Å². The Morgan fingerprint density at radius 1 is 0.568 bits per heavy atom. The SMILES string of the molecule is O=C(N[C@H](Cc1ccccc1)[C@@H]1OC(=S)O[C@H]1[C@@H](Cc1ccccc1)NC(=O)OCc1ccccc1)OCc1ccccc1. The third-order valence-corrected chi connectivity index (χ3v) is 7.40. The minimum absolute atomic E-state index is 0.0602. The number of nitrogens with one attached hydrogen (secondary N) is 2. The Kier molecular flexibility index (Phi) is 10.8. The van der Waals surface area contributed by atoms with Crippen molar-refractivity contribution in [2.24, 2.45) is 0 Å². The van der Waals surface area contributed by atoms with Gasteiger partial charge < -0.3 is 29.6 Å². The summed E-state index contributed by atoms with van der Waals surface area (Å²) in [4.78, 5) is 26.1. The minimum Gasteiger partial charge on any atom is -0.447 e. The van der Waals surface area contributed by atoms with Crippen molar-refractivity contribution in [1.82, 2.24) is 10.6 Å². The monoisotopic (exact) mass is 610 g/mol. The molecule has 0 radical (unpaired) electrons. The molecule has 0 aromatic heterocycles. The Labute approximate surface area is 262 Å². The molecule has 4 aromatic carbocycles. The van der Waals surface area contributed by atoms with Gasteiger partial charge in [-0.15, -0.1) is 0 Å². The molecule has 4 atom stereocenters.